The molecule has 0 fully saturated rings. The van der Waals surface area contributed by atoms with E-state index in [1.54, 1.807) is 10.9 Å². The minimum absolute atomic E-state index is 0.180. The summed E-state index contributed by atoms with van der Waals surface area (Å²) in [5, 5.41) is 9.52. The van der Waals surface area contributed by atoms with E-state index in [1.165, 1.54) is 0 Å². The highest BCUT2D eigenvalue weighted by atomic mass is 35.5. The highest BCUT2D eigenvalue weighted by Gasteiger charge is 2.11. The van der Waals surface area contributed by atoms with Crippen LogP contribution >= 0.6 is 11.6 Å². The minimum atomic E-state index is -0.180. The van der Waals surface area contributed by atoms with Gasteiger partial charge in [-0.2, -0.15) is 10.2 Å². The molecule has 6 heteroatoms. The van der Waals surface area contributed by atoms with Crippen LogP contribution in [0.1, 0.15) is 11.1 Å². The lowest BCUT2D eigenvalue weighted by atomic mass is 10.1. The highest BCUT2D eigenvalue weighted by molar-refractivity contribution is 6.30. The molecule has 0 bridgehead atoms. The molecule has 0 saturated heterocycles. The molecule has 0 aliphatic heterocycles. The summed E-state index contributed by atoms with van der Waals surface area (Å²) in [6.07, 6.45) is 3.76. The summed E-state index contributed by atoms with van der Waals surface area (Å²) in [4.78, 5) is 12.2. The first-order chi connectivity index (χ1) is 14.7. The lowest BCUT2D eigenvalue weighted by molar-refractivity contribution is -0.120. The standard InChI is InChI=1S/C24H19ClN4O/c25-21-13-11-19(12-14-21)24-20(17-29(28-24)22-9-5-2-6-10-22)16-26-27-23(30)15-18-7-3-1-4-8-18/h1-14,16-17H,15H2,(H,27,30)/b26-16+. The number of carbonyl (C=O) groups is 1. The second-order valence-corrected chi connectivity index (χ2v) is 7.11. The Kier molecular flexibility index (Phi) is 6.01. The molecule has 1 amide bonds. The SMILES string of the molecule is O=C(Cc1ccccc1)N/N=C/c1cn(-c2ccccc2)nc1-c1ccc(Cl)cc1. The number of nitrogens with one attached hydrogen (secondary N) is 1. The predicted octanol–water partition coefficient (Wildman–Crippen LogP) is 4.89. The van der Waals surface area contributed by atoms with Crippen LogP contribution in [-0.4, -0.2) is 21.9 Å². The fourth-order valence-corrected chi connectivity index (χ4v) is 3.15. The van der Waals surface area contributed by atoms with Crippen molar-refractivity contribution in [3.8, 4) is 16.9 Å². The molecule has 0 atom stereocenters. The van der Waals surface area contributed by atoms with Gasteiger partial charge in [-0.15, -0.1) is 0 Å². The van der Waals surface area contributed by atoms with Crippen LogP contribution in [0.25, 0.3) is 16.9 Å². The fourth-order valence-electron chi connectivity index (χ4n) is 3.02. The van der Waals surface area contributed by atoms with Gasteiger partial charge in [-0.3, -0.25) is 4.79 Å². The Morgan fingerprint density at radius 3 is 2.33 bits per heavy atom. The van der Waals surface area contributed by atoms with Gasteiger partial charge in [0.2, 0.25) is 5.91 Å². The first-order valence-electron chi connectivity index (χ1n) is 9.46. The third-order valence-electron chi connectivity index (χ3n) is 4.48. The maximum atomic E-state index is 12.2. The summed E-state index contributed by atoms with van der Waals surface area (Å²) in [6, 6.07) is 26.8. The number of rotatable bonds is 6. The Hall–Kier alpha value is -3.70. The summed E-state index contributed by atoms with van der Waals surface area (Å²) in [7, 11) is 0. The number of hydrazone groups is 1. The molecule has 1 heterocycles. The van der Waals surface area contributed by atoms with Crippen LogP contribution in [-0.2, 0) is 11.2 Å². The molecule has 0 spiro atoms. The van der Waals surface area contributed by atoms with E-state index in [0.717, 1.165) is 28.1 Å². The average Bonchev–Trinajstić information content (AvgIpc) is 3.20. The molecular weight excluding hydrogens is 396 g/mol. The van der Waals surface area contributed by atoms with Crippen molar-refractivity contribution in [2.45, 2.75) is 6.42 Å². The van der Waals surface area contributed by atoms with Crippen molar-refractivity contribution >= 4 is 23.7 Å². The Morgan fingerprint density at radius 2 is 1.63 bits per heavy atom. The number of nitrogens with zero attached hydrogens (tertiary/aromatic N) is 3. The number of benzene rings is 3. The van der Waals surface area contributed by atoms with Crippen molar-refractivity contribution in [1.82, 2.24) is 15.2 Å². The van der Waals surface area contributed by atoms with Gasteiger partial charge in [0.25, 0.3) is 0 Å². The molecule has 148 valence electrons. The predicted molar refractivity (Wildman–Crippen MR) is 120 cm³/mol. The molecular formula is C24H19ClN4O. The zero-order chi connectivity index (χ0) is 20.8. The number of hydrogen-bond acceptors (Lipinski definition) is 3. The van der Waals surface area contributed by atoms with Gasteiger partial charge in [0.1, 0.15) is 5.69 Å². The largest absolute Gasteiger partial charge is 0.273 e. The van der Waals surface area contributed by atoms with Crippen molar-refractivity contribution in [3.05, 3.63) is 107 Å². The smallest absolute Gasteiger partial charge is 0.244 e. The van der Waals surface area contributed by atoms with Crippen LogP contribution in [0.2, 0.25) is 5.02 Å². The maximum Gasteiger partial charge on any atom is 0.244 e. The summed E-state index contributed by atoms with van der Waals surface area (Å²) in [5.74, 6) is -0.180. The number of hydrogen-bond donors (Lipinski definition) is 1. The molecule has 30 heavy (non-hydrogen) atoms. The van der Waals surface area contributed by atoms with E-state index in [2.05, 4.69) is 10.5 Å². The molecule has 4 aromatic rings. The average molecular weight is 415 g/mol. The van der Waals surface area contributed by atoms with Crippen LogP contribution in [0.5, 0.6) is 0 Å². The fraction of sp³-hybridized carbons (Fsp3) is 0.0417. The lowest BCUT2D eigenvalue weighted by Crippen LogP contribution is -2.19. The number of amides is 1. The van der Waals surface area contributed by atoms with Crippen molar-refractivity contribution in [2.24, 2.45) is 5.10 Å². The van der Waals surface area contributed by atoms with E-state index in [9.17, 15) is 4.79 Å². The monoisotopic (exact) mass is 414 g/mol. The van der Waals surface area contributed by atoms with Gasteiger partial charge < -0.3 is 0 Å². The van der Waals surface area contributed by atoms with Gasteiger partial charge in [0.15, 0.2) is 0 Å². The van der Waals surface area contributed by atoms with E-state index < -0.39 is 0 Å². The second-order valence-electron chi connectivity index (χ2n) is 6.68. The Bertz CT molecular complexity index is 1150. The van der Waals surface area contributed by atoms with Crippen LogP contribution in [0.3, 0.4) is 0 Å². The van der Waals surface area contributed by atoms with Crippen LogP contribution in [0, 0.1) is 0 Å². The highest BCUT2D eigenvalue weighted by Crippen LogP contribution is 2.24. The van der Waals surface area contributed by atoms with E-state index in [-0.39, 0.29) is 12.3 Å². The first kappa shape index (κ1) is 19.6. The molecule has 0 saturated carbocycles. The molecule has 0 unspecified atom stereocenters. The number of carbonyl (C=O) groups excluding carboxylic acids is 1. The van der Waals surface area contributed by atoms with Crippen molar-refractivity contribution in [2.75, 3.05) is 0 Å². The molecule has 4 rings (SSSR count). The van der Waals surface area contributed by atoms with Crippen LogP contribution < -0.4 is 5.43 Å². The minimum Gasteiger partial charge on any atom is -0.273 e. The van der Waals surface area contributed by atoms with Gasteiger partial charge in [-0.1, -0.05) is 72.3 Å². The van der Waals surface area contributed by atoms with Crippen molar-refractivity contribution < 1.29 is 4.79 Å². The molecule has 1 aromatic heterocycles. The van der Waals surface area contributed by atoms with Crippen LogP contribution in [0.4, 0.5) is 0 Å². The Labute approximate surface area is 179 Å². The zero-order valence-electron chi connectivity index (χ0n) is 16.1. The lowest BCUT2D eigenvalue weighted by Gasteiger charge is -2.01. The third-order valence-corrected chi connectivity index (χ3v) is 4.73. The van der Waals surface area contributed by atoms with E-state index in [0.29, 0.717) is 5.02 Å². The number of para-hydroxylation sites is 1. The van der Waals surface area contributed by atoms with Gasteiger partial charge in [0.05, 0.1) is 18.3 Å². The molecule has 1 N–H and O–H groups in total. The van der Waals surface area contributed by atoms with E-state index in [4.69, 9.17) is 16.7 Å². The molecule has 0 aliphatic carbocycles. The summed E-state index contributed by atoms with van der Waals surface area (Å²) >= 11 is 6.03. The first-order valence-corrected chi connectivity index (χ1v) is 9.84. The van der Waals surface area contributed by atoms with Gasteiger partial charge in [-0.05, 0) is 29.8 Å². The van der Waals surface area contributed by atoms with Gasteiger partial charge >= 0.3 is 0 Å². The quantitative estimate of drug-likeness (QED) is 0.361. The number of aromatic nitrogens is 2. The van der Waals surface area contributed by atoms with Crippen molar-refractivity contribution in [3.63, 3.8) is 0 Å². The second kappa shape index (κ2) is 9.20. The molecule has 5 nitrogen and oxygen atoms in total. The summed E-state index contributed by atoms with van der Waals surface area (Å²) in [5.41, 5.74) is 6.89. The van der Waals surface area contributed by atoms with Gasteiger partial charge in [-0.25, -0.2) is 10.1 Å². The Morgan fingerprint density at radius 1 is 0.967 bits per heavy atom. The third kappa shape index (κ3) is 4.82. The normalized spacial score (nSPS) is 11.0. The molecule has 3 aromatic carbocycles. The molecule has 0 radical (unpaired) electrons. The van der Waals surface area contributed by atoms with E-state index in [1.807, 2.05) is 91.1 Å². The topological polar surface area (TPSA) is 59.3 Å². The number of halogens is 1. The van der Waals surface area contributed by atoms with Crippen molar-refractivity contribution in [1.29, 1.82) is 0 Å². The van der Waals surface area contributed by atoms with E-state index >= 15 is 0 Å². The molecule has 0 aliphatic rings. The Balaban J connectivity index is 1.57. The maximum absolute atomic E-state index is 12.2. The zero-order valence-corrected chi connectivity index (χ0v) is 16.8. The summed E-state index contributed by atoms with van der Waals surface area (Å²) < 4.78 is 1.79. The summed E-state index contributed by atoms with van der Waals surface area (Å²) in [6.45, 7) is 0. The van der Waals surface area contributed by atoms with Crippen LogP contribution in [0.15, 0.2) is 96.2 Å². The van der Waals surface area contributed by atoms with Gasteiger partial charge in [0, 0.05) is 22.3 Å².